The van der Waals surface area contributed by atoms with Gasteiger partial charge in [0.15, 0.2) is 0 Å². The van der Waals surface area contributed by atoms with Gasteiger partial charge in [-0.1, -0.05) is 0 Å². The van der Waals surface area contributed by atoms with Crippen LogP contribution in [-0.4, -0.2) is 51.1 Å². The predicted octanol–water partition coefficient (Wildman–Crippen LogP) is 3.80. The van der Waals surface area contributed by atoms with Crippen molar-refractivity contribution in [3.63, 3.8) is 0 Å². The molecule has 1 fully saturated rings. The highest BCUT2D eigenvalue weighted by Crippen LogP contribution is 2.43. The summed E-state index contributed by atoms with van der Waals surface area (Å²) in [5.74, 6) is -0.657. The maximum absolute atomic E-state index is 13.2. The van der Waals surface area contributed by atoms with Gasteiger partial charge in [-0.3, -0.25) is 14.5 Å². The van der Waals surface area contributed by atoms with Crippen LogP contribution in [-0.2, 0) is 9.59 Å². The Balaban J connectivity index is 1.64. The molecule has 3 heterocycles. The average molecular weight is 460 g/mol. The van der Waals surface area contributed by atoms with Gasteiger partial charge in [-0.2, -0.15) is 0 Å². The second kappa shape index (κ2) is 8.30. The summed E-state index contributed by atoms with van der Waals surface area (Å²) in [4.78, 5) is 31.8. The SMILES string of the molecule is CN(C)c1ccc(N2C(=O)C(=O)/C(=C(\O)c3ccc4c(c3)N(C)CCO4)C2c2ccco2)cc1. The number of likely N-dealkylation sites (N-methyl/N-ethyl adjacent to an activating group) is 1. The Hall–Kier alpha value is -4.20. The molecule has 2 aromatic carbocycles. The van der Waals surface area contributed by atoms with Crippen LogP contribution in [0, 0.1) is 0 Å². The summed E-state index contributed by atoms with van der Waals surface area (Å²) >= 11 is 0. The largest absolute Gasteiger partial charge is 0.507 e. The zero-order chi connectivity index (χ0) is 24.0. The van der Waals surface area contributed by atoms with Crippen LogP contribution in [0.5, 0.6) is 5.75 Å². The highest BCUT2D eigenvalue weighted by Gasteiger charge is 2.48. The minimum atomic E-state index is -0.898. The Morgan fingerprint density at radius 3 is 2.53 bits per heavy atom. The second-order valence-corrected chi connectivity index (χ2v) is 8.55. The van der Waals surface area contributed by atoms with Crippen molar-refractivity contribution in [3.05, 3.63) is 77.8 Å². The van der Waals surface area contributed by atoms with E-state index >= 15 is 0 Å². The summed E-state index contributed by atoms with van der Waals surface area (Å²) in [7, 11) is 5.78. The first-order chi connectivity index (χ1) is 16.4. The first-order valence-corrected chi connectivity index (χ1v) is 11.0. The maximum atomic E-state index is 13.2. The topological polar surface area (TPSA) is 86.5 Å². The molecule has 0 radical (unpaired) electrons. The Morgan fingerprint density at radius 1 is 1.09 bits per heavy atom. The molecule has 1 N–H and O–H groups in total. The number of nitrogens with zero attached hydrogens (tertiary/aromatic N) is 3. The molecule has 1 unspecified atom stereocenters. The summed E-state index contributed by atoms with van der Waals surface area (Å²) in [6.45, 7) is 1.28. The lowest BCUT2D eigenvalue weighted by molar-refractivity contribution is -0.132. The molecule has 0 saturated carbocycles. The predicted molar refractivity (Wildman–Crippen MR) is 129 cm³/mol. The molecular weight excluding hydrogens is 434 g/mol. The van der Waals surface area contributed by atoms with E-state index in [1.807, 2.05) is 43.1 Å². The van der Waals surface area contributed by atoms with Gasteiger partial charge >= 0.3 is 0 Å². The Kier molecular flexibility index (Phi) is 5.28. The van der Waals surface area contributed by atoms with Gasteiger partial charge in [0, 0.05) is 38.1 Å². The number of hydrogen-bond acceptors (Lipinski definition) is 7. The number of amides is 1. The zero-order valence-electron chi connectivity index (χ0n) is 19.2. The quantitative estimate of drug-likeness (QED) is 0.361. The van der Waals surface area contributed by atoms with E-state index in [4.69, 9.17) is 9.15 Å². The number of hydrogen-bond donors (Lipinski definition) is 1. The van der Waals surface area contributed by atoms with Gasteiger partial charge in [-0.05, 0) is 54.6 Å². The monoisotopic (exact) mass is 459 g/mol. The van der Waals surface area contributed by atoms with E-state index < -0.39 is 17.7 Å². The molecule has 2 aliphatic rings. The van der Waals surface area contributed by atoms with E-state index in [-0.39, 0.29) is 11.3 Å². The van der Waals surface area contributed by atoms with Crippen LogP contribution in [0.15, 0.2) is 70.9 Å². The summed E-state index contributed by atoms with van der Waals surface area (Å²) in [6, 6.07) is 15.0. The third-order valence-corrected chi connectivity index (χ3v) is 6.23. The highest BCUT2D eigenvalue weighted by molar-refractivity contribution is 6.51. The lowest BCUT2D eigenvalue weighted by atomic mass is 9.98. The Labute approximate surface area is 197 Å². The van der Waals surface area contributed by atoms with E-state index in [1.54, 1.807) is 42.5 Å². The van der Waals surface area contributed by atoms with Gasteiger partial charge in [0.05, 0.1) is 24.1 Å². The number of carbonyl (C=O) groups excluding carboxylic acids is 2. The van der Waals surface area contributed by atoms with Gasteiger partial charge in [-0.25, -0.2) is 0 Å². The van der Waals surface area contributed by atoms with Crippen molar-refractivity contribution in [2.75, 3.05) is 49.0 Å². The molecule has 5 rings (SSSR count). The van der Waals surface area contributed by atoms with Crippen LogP contribution in [0.25, 0.3) is 5.76 Å². The Bertz CT molecular complexity index is 1280. The zero-order valence-corrected chi connectivity index (χ0v) is 19.2. The Morgan fingerprint density at radius 2 is 1.85 bits per heavy atom. The minimum absolute atomic E-state index is 0.0176. The molecule has 2 aliphatic heterocycles. The third-order valence-electron chi connectivity index (χ3n) is 6.23. The fraction of sp³-hybridized carbons (Fsp3) is 0.231. The van der Waals surface area contributed by atoms with Gasteiger partial charge in [0.2, 0.25) is 0 Å². The van der Waals surface area contributed by atoms with Crippen LogP contribution >= 0.6 is 0 Å². The van der Waals surface area contributed by atoms with Crippen molar-refractivity contribution in [2.24, 2.45) is 0 Å². The lowest BCUT2D eigenvalue weighted by Crippen LogP contribution is -2.29. The van der Waals surface area contributed by atoms with Crippen LogP contribution in [0.3, 0.4) is 0 Å². The first kappa shape index (κ1) is 21.6. The fourth-order valence-electron chi connectivity index (χ4n) is 4.38. The van der Waals surface area contributed by atoms with Crippen LogP contribution in [0.1, 0.15) is 17.4 Å². The summed E-state index contributed by atoms with van der Waals surface area (Å²) < 4.78 is 11.3. The summed E-state index contributed by atoms with van der Waals surface area (Å²) in [5, 5.41) is 11.3. The number of anilines is 3. The second-order valence-electron chi connectivity index (χ2n) is 8.55. The van der Waals surface area contributed by atoms with Gasteiger partial charge in [0.25, 0.3) is 11.7 Å². The number of rotatable bonds is 4. The molecular formula is C26H25N3O5. The van der Waals surface area contributed by atoms with Crippen molar-refractivity contribution in [3.8, 4) is 5.75 Å². The summed E-state index contributed by atoms with van der Waals surface area (Å²) in [5.41, 5.74) is 2.70. The number of ketones is 1. The van der Waals surface area contributed by atoms with Crippen molar-refractivity contribution < 1.29 is 23.8 Å². The van der Waals surface area contributed by atoms with Crippen LogP contribution < -0.4 is 19.4 Å². The van der Waals surface area contributed by atoms with E-state index in [9.17, 15) is 14.7 Å². The van der Waals surface area contributed by atoms with Crippen LogP contribution in [0.4, 0.5) is 17.1 Å². The standard InChI is InChI=1S/C26H25N3O5/c1-27(2)17-7-9-18(10-8-17)29-23(21-5-4-13-33-21)22(25(31)26(29)32)24(30)16-6-11-20-19(15-16)28(3)12-14-34-20/h4-11,13,15,23,30H,12,14H2,1-3H3/b24-22-. The van der Waals surface area contributed by atoms with Gasteiger partial charge in [-0.15, -0.1) is 0 Å². The highest BCUT2D eigenvalue weighted by atomic mass is 16.5. The van der Waals surface area contributed by atoms with Gasteiger partial charge in [0.1, 0.15) is 29.9 Å². The molecule has 174 valence electrons. The van der Waals surface area contributed by atoms with Crippen LogP contribution in [0.2, 0.25) is 0 Å². The van der Waals surface area contributed by atoms with E-state index in [2.05, 4.69) is 0 Å². The molecule has 3 aromatic rings. The number of Topliss-reactive ketones (excluding diaryl/α,β-unsaturated/α-hetero) is 1. The number of aliphatic hydroxyl groups excluding tert-OH is 1. The summed E-state index contributed by atoms with van der Waals surface area (Å²) in [6.07, 6.45) is 1.48. The smallest absolute Gasteiger partial charge is 0.300 e. The number of benzene rings is 2. The molecule has 1 atom stereocenters. The molecule has 1 aromatic heterocycles. The minimum Gasteiger partial charge on any atom is -0.507 e. The average Bonchev–Trinajstić information content (AvgIpc) is 3.46. The molecule has 8 heteroatoms. The normalized spacial score (nSPS) is 19.2. The van der Waals surface area contributed by atoms with Gasteiger partial charge < -0.3 is 24.1 Å². The molecule has 34 heavy (non-hydrogen) atoms. The third kappa shape index (κ3) is 3.48. The molecule has 8 nitrogen and oxygen atoms in total. The van der Waals surface area contributed by atoms with Crippen molar-refractivity contribution in [2.45, 2.75) is 6.04 Å². The fourth-order valence-corrected chi connectivity index (χ4v) is 4.38. The van der Waals surface area contributed by atoms with E-state index in [0.29, 0.717) is 35.9 Å². The lowest BCUT2D eigenvalue weighted by Gasteiger charge is -2.28. The molecule has 0 aliphatic carbocycles. The van der Waals surface area contributed by atoms with Crippen molar-refractivity contribution in [1.82, 2.24) is 0 Å². The number of ether oxygens (including phenoxy) is 1. The molecule has 0 spiro atoms. The van der Waals surface area contributed by atoms with Crippen molar-refractivity contribution >= 4 is 34.5 Å². The molecule has 0 bridgehead atoms. The molecule has 1 amide bonds. The van der Waals surface area contributed by atoms with E-state index in [0.717, 1.165) is 11.4 Å². The number of carbonyl (C=O) groups is 2. The molecule has 1 saturated heterocycles. The number of fused-ring (bicyclic) bond motifs is 1. The maximum Gasteiger partial charge on any atom is 0.300 e. The van der Waals surface area contributed by atoms with Crippen molar-refractivity contribution in [1.29, 1.82) is 0 Å². The first-order valence-electron chi connectivity index (χ1n) is 11.0. The van der Waals surface area contributed by atoms with E-state index in [1.165, 1.54) is 11.2 Å². The number of aliphatic hydroxyl groups is 1. The number of furan rings is 1.